The minimum absolute atomic E-state index is 0.0728. The molecule has 0 saturated heterocycles. The van der Waals surface area contributed by atoms with Gasteiger partial charge in [-0.25, -0.2) is 9.78 Å². The fourth-order valence-corrected chi connectivity index (χ4v) is 2.27. The van der Waals surface area contributed by atoms with Gasteiger partial charge in [0, 0.05) is 4.90 Å². The molecule has 0 saturated carbocycles. The average molecular weight is 245 g/mol. The Balaban J connectivity index is 2.28. The van der Waals surface area contributed by atoms with Gasteiger partial charge in [-0.05, 0) is 30.7 Å². The van der Waals surface area contributed by atoms with E-state index in [1.807, 2.05) is 37.3 Å². The van der Waals surface area contributed by atoms with Crippen molar-refractivity contribution in [2.24, 2.45) is 0 Å². The third-order valence-corrected chi connectivity index (χ3v) is 3.37. The second kappa shape index (κ2) is 5.01. The minimum Gasteiger partial charge on any atom is -0.477 e. The van der Waals surface area contributed by atoms with Crippen LogP contribution in [0.5, 0.6) is 0 Å². The van der Waals surface area contributed by atoms with Crippen LogP contribution in [-0.2, 0) is 0 Å². The lowest BCUT2D eigenvalue weighted by Gasteiger charge is -2.04. The highest BCUT2D eigenvalue weighted by Gasteiger charge is 2.06. The number of carboxylic acids is 1. The minimum atomic E-state index is -1.00. The van der Waals surface area contributed by atoms with Crippen LogP contribution in [0.2, 0.25) is 0 Å². The Labute approximate surface area is 104 Å². The predicted octanol–water partition coefficient (Wildman–Crippen LogP) is 3.24. The number of rotatable bonds is 3. The standard InChI is InChI=1S/C13H11NO2S/c1-9-5-2-3-7-11(9)17-12-8-4-6-10(14-12)13(15)16/h2-8H,1H3,(H,15,16). The zero-order valence-corrected chi connectivity index (χ0v) is 10.1. The fraction of sp³-hybridized carbons (Fsp3) is 0.0769. The summed E-state index contributed by atoms with van der Waals surface area (Å²) < 4.78 is 0. The second-order valence-corrected chi connectivity index (χ2v) is 4.60. The van der Waals surface area contributed by atoms with Crippen molar-refractivity contribution in [2.75, 3.05) is 0 Å². The van der Waals surface area contributed by atoms with E-state index in [1.165, 1.54) is 17.8 Å². The summed E-state index contributed by atoms with van der Waals surface area (Å²) in [6, 6.07) is 12.9. The number of pyridine rings is 1. The van der Waals surface area contributed by atoms with Gasteiger partial charge in [0.15, 0.2) is 0 Å². The van der Waals surface area contributed by atoms with Crippen molar-refractivity contribution < 1.29 is 9.90 Å². The van der Waals surface area contributed by atoms with Gasteiger partial charge in [0.25, 0.3) is 0 Å². The maximum atomic E-state index is 10.8. The van der Waals surface area contributed by atoms with Crippen molar-refractivity contribution >= 4 is 17.7 Å². The lowest BCUT2D eigenvalue weighted by Crippen LogP contribution is -1.99. The van der Waals surface area contributed by atoms with Gasteiger partial charge in [0.05, 0.1) is 0 Å². The van der Waals surface area contributed by atoms with Gasteiger partial charge in [-0.15, -0.1) is 0 Å². The van der Waals surface area contributed by atoms with E-state index in [1.54, 1.807) is 6.07 Å². The van der Waals surface area contributed by atoms with Crippen LogP contribution < -0.4 is 0 Å². The number of aromatic nitrogens is 1. The van der Waals surface area contributed by atoms with Gasteiger partial charge in [0.2, 0.25) is 0 Å². The predicted molar refractivity (Wildman–Crippen MR) is 66.5 cm³/mol. The average Bonchev–Trinajstić information content (AvgIpc) is 2.32. The molecule has 0 bridgehead atoms. The van der Waals surface area contributed by atoms with E-state index in [2.05, 4.69) is 4.98 Å². The number of carbonyl (C=O) groups is 1. The summed E-state index contributed by atoms with van der Waals surface area (Å²) in [5, 5.41) is 9.55. The normalized spacial score (nSPS) is 10.2. The first-order valence-electron chi connectivity index (χ1n) is 5.10. The first kappa shape index (κ1) is 11.7. The molecule has 0 fully saturated rings. The SMILES string of the molecule is Cc1ccccc1Sc1cccc(C(=O)O)n1. The van der Waals surface area contributed by atoms with E-state index in [0.717, 1.165) is 10.5 Å². The van der Waals surface area contributed by atoms with Gasteiger partial charge >= 0.3 is 5.97 Å². The van der Waals surface area contributed by atoms with Gasteiger partial charge in [-0.2, -0.15) is 0 Å². The summed E-state index contributed by atoms with van der Waals surface area (Å²) in [5.74, 6) is -1.00. The number of hydrogen-bond donors (Lipinski definition) is 1. The van der Waals surface area contributed by atoms with E-state index in [-0.39, 0.29) is 5.69 Å². The molecule has 2 aromatic rings. The Hall–Kier alpha value is -1.81. The molecular formula is C13H11NO2S. The largest absolute Gasteiger partial charge is 0.477 e. The van der Waals surface area contributed by atoms with E-state index < -0.39 is 5.97 Å². The number of nitrogens with zero attached hydrogens (tertiary/aromatic N) is 1. The highest BCUT2D eigenvalue weighted by Crippen LogP contribution is 2.28. The van der Waals surface area contributed by atoms with Crippen LogP contribution in [0.15, 0.2) is 52.4 Å². The molecule has 0 aliphatic heterocycles. The molecule has 86 valence electrons. The third-order valence-electron chi connectivity index (χ3n) is 2.25. The maximum absolute atomic E-state index is 10.8. The van der Waals surface area contributed by atoms with E-state index >= 15 is 0 Å². The molecule has 1 aromatic heterocycles. The molecule has 1 heterocycles. The summed E-state index contributed by atoms with van der Waals surface area (Å²) in [6.07, 6.45) is 0. The number of aromatic carboxylic acids is 1. The summed E-state index contributed by atoms with van der Waals surface area (Å²) in [5.41, 5.74) is 1.23. The lowest BCUT2D eigenvalue weighted by atomic mass is 10.2. The van der Waals surface area contributed by atoms with Crippen LogP contribution in [0.1, 0.15) is 16.1 Å². The molecule has 1 N–H and O–H groups in total. The van der Waals surface area contributed by atoms with Crippen LogP contribution in [-0.4, -0.2) is 16.1 Å². The third kappa shape index (κ3) is 2.85. The molecule has 0 aliphatic rings. The Morgan fingerprint density at radius 2 is 1.94 bits per heavy atom. The molecule has 0 aliphatic carbocycles. The molecule has 0 unspecified atom stereocenters. The van der Waals surface area contributed by atoms with Gasteiger partial charge in [-0.1, -0.05) is 36.0 Å². The van der Waals surface area contributed by atoms with E-state index in [9.17, 15) is 4.79 Å². The Morgan fingerprint density at radius 3 is 2.65 bits per heavy atom. The highest BCUT2D eigenvalue weighted by atomic mass is 32.2. The van der Waals surface area contributed by atoms with Gasteiger partial charge in [0.1, 0.15) is 10.7 Å². The Bertz CT molecular complexity index is 555. The van der Waals surface area contributed by atoms with Crippen LogP contribution in [0, 0.1) is 6.92 Å². The van der Waals surface area contributed by atoms with Gasteiger partial charge < -0.3 is 5.11 Å². The van der Waals surface area contributed by atoms with Crippen LogP contribution in [0.3, 0.4) is 0 Å². The van der Waals surface area contributed by atoms with Crippen molar-refractivity contribution in [2.45, 2.75) is 16.8 Å². The Morgan fingerprint density at radius 1 is 1.18 bits per heavy atom. The molecule has 2 rings (SSSR count). The molecule has 3 nitrogen and oxygen atoms in total. The number of carboxylic acid groups (broad SMARTS) is 1. The smallest absolute Gasteiger partial charge is 0.354 e. The molecule has 1 aromatic carbocycles. The van der Waals surface area contributed by atoms with Crippen LogP contribution in [0.25, 0.3) is 0 Å². The molecular weight excluding hydrogens is 234 g/mol. The zero-order valence-electron chi connectivity index (χ0n) is 9.25. The first-order chi connectivity index (χ1) is 8.16. The maximum Gasteiger partial charge on any atom is 0.354 e. The second-order valence-electron chi connectivity index (χ2n) is 3.53. The number of benzene rings is 1. The lowest BCUT2D eigenvalue weighted by molar-refractivity contribution is 0.0689. The topological polar surface area (TPSA) is 50.2 Å². The number of aryl methyl sites for hydroxylation is 1. The summed E-state index contributed by atoms with van der Waals surface area (Å²) >= 11 is 1.47. The van der Waals surface area contributed by atoms with Crippen molar-refractivity contribution in [1.29, 1.82) is 0 Å². The van der Waals surface area contributed by atoms with Crippen molar-refractivity contribution in [3.05, 3.63) is 53.7 Å². The van der Waals surface area contributed by atoms with Crippen LogP contribution >= 0.6 is 11.8 Å². The zero-order chi connectivity index (χ0) is 12.3. The molecule has 0 amide bonds. The monoisotopic (exact) mass is 245 g/mol. The molecule has 0 spiro atoms. The van der Waals surface area contributed by atoms with Gasteiger partial charge in [-0.3, -0.25) is 0 Å². The van der Waals surface area contributed by atoms with Crippen LogP contribution in [0.4, 0.5) is 0 Å². The van der Waals surface area contributed by atoms with Crippen molar-refractivity contribution in [1.82, 2.24) is 4.98 Å². The highest BCUT2D eigenvalue weighted by molar-refractivity contribution is 7.99. The van der Waals surface area contributed by atoms with Crippen molar-refractivity contribution in [3.63, 3.8) is 0 Å². The quantitative estimate of drug-likeness (QED) is 0.901. The summed E-state index contributed by atoms with van der Waals surface area (Å²) in [7, 11) is 0. The molecule has 4 heteroatoms. The molecule has 17 heavy (non-hydrogen) atoms. The molecule has 0 radical (unpaired) electrons. The Kier molecular flexibility index (Phi) is 3.44. The summed E-state index contributed by atoms with van der Waals surface area (Å²) in [4.78, 5) is 16.0. The first-order valence-corrected chi connectivity index (χ1v) is 5.92. The number of hydrogen-bond acceptors (Lipinski definition) is 3. The van der Waals surface area contributed by atoms with E-state index in [0.29, 0.717) is 5.03 Å². The molecule has 0 atom stereocenters. The van der Waals surface area contributed by atoms with E-state index in [4.69, 9.17) is 5.11 Å². The fourth-order valence-electron chi connectivity index (χ4n) is 1.37. The summed E-state index contributed by atoms with van der Waals surface area (Å²) in [6.45, 7) is 2.02. The van der Waals surface area contributed by atoms with Crippen molar-refractivity contribution in [3.8, 4) is 0 Å².